The molecule has 0 bridgehead atoms. The molecule has 0 aliphatic carbocycles. The van der Waals surface area contributed by atoms with Gasteiger partial charge in [-0.2, -0.15) is 0 Å². The van der Waals surface area contributed by atoms with E-state index in [-0.39, 0.29) is 35.7 Å². The summed E-state index contributed by atoms with van der Waals surface area (Å²) >= 11 is 0. The molecule has 28 heavy (non-hydrogen) atoms. The molecular weight excluding hydrogens is 354 g/mol. The van der Waals surface area contributed by atoms with Gasteiger partial charge in [-0.25, -0.2) is 0 Å². The van der Waals surface area contributed by atoms with E-state index < -0.39 is 0 Å². The van der Waals surface area contributed by atoms with Crippen molar-refractivity contribution in [2.45, 2.75) is 52.0 Å². The van der Waals surface area contributed by atoms with Crippen LogP contribution in [0.2, 0.25) is 0 Å². The molecule has 0 aromatic heterocycles. The Balaban J connectivity index is 1.75. The van der Waals surface area contributed by atoms with Gasteiger partial charge >= 0.3 is 0 Å². The van der Waals surface area contributed by atoms with Gasteiger partial charge in [0.1, 0.15) is 0 Å². The van der Waals surface area contributed by atoms with Gasteiger partial charge in [0.05, 0.1) is 6.54 Å². The summed E-state index contributed by atoms with van der Waals surface area (Å²) in [6.07, 6.45) is 2.54. The number of hydrogen-bond donors (Lipinski definition) is 1. The fourth-order valence-corrected chi connectivity index (χ4v) is 3.49. The fourth-order valence-electron chi connectivity index (χ4n) is 3.49. The minimum Gasteiger partial charge on any atom is -0.350 e. The Kier molecular flexibility index (Phi) is 7.61. The Morgan fingerprint density at radius 3 is 2.29 bits per heavy atom. The second-order valence-electron chi connectivity index (χ2n) is 8.63. The molecule has 0 atom stereocenters. The van der Waals surface area contributed by atoms with Gasteiger partial charge in [-0.3, -0.25) is 14.4 Å². The summed E-state index contributed by atoms with van der Waals surface area (Å²) in [6, 6.07) is 9.99. The van der Waals surface area contributed by atoms with E-state index in [1.807, 2.05) is 56.0 Å². The lowest BCUT2D eigenvalue weighted by atomic mass is 9.95. The Morgan fingerprint density at radius 2 is 1.71 bits per heavy atom. The second kappa shape index (κ2) is 9.71. The van der Waals surface area contributed by atoms with Crippen molar-refractivity contribution in [1.82, 2.24) is 15.1 Å². The quantitative estimate of drug-likeness (QED) is 0.814. The van der Waals surface area contributed by atoms with Crippen LogP contribution in [0.4, 0.5) is 0 Å². The molecule has 3 amide bonds. The van der Waals surface area contributed by atoms with Gasteiger partial charge in [0.25, 0.3) is 0 Å². The lowest BCUT2D eigenvalue weighted by molar-refractivity contribution is -0.141. The van der Waals surface area contributed by atoms with Crippen LogP contribution < -0.4 is 5.32 Å². The highest BCUT2D eigenvalue weighted by molar-refractivity contribution is 5.86. The number of rotatable bonds is 6. The predicted octanol–water partition coefficient (Wildman–Crippen LogP) is 2.23. The third-order valence-corrected chi connectivity index (χ3v) is 4.94. The van der Waals surface area contributed by atoms with E-state index in [0.29, 0.717) is 32.4 Å². The summed E-state index contributed by atoms with van der Waals surface area (Å²) in [5, 5.41) is 2.87. The van der Waals surface area contributed by atoms with Crippen LogP contribution in [0.3, 0.4) is 0 Å². The highest BCUT2D eigenvalue weighted by Crippen LogP contribution is 2.20. The summed E-state index contributed by atoms with van der Waals surface area (Å²) in [5.41, 5.74) is 0.850. The van der Waals surface area contributed by atoms with Crippen LogP contribution in [-0.4, -0.2) is 59.7 Å². The number of likely N-dealkylation sites (N-methyl/N-ethyl adjacent to an activating group) is 1. The van der Waals surface area contributed by atoms with Crippen LogP contribution >= 0.6 is 0 Å². The van der Waals surface area contributed by atoms with Crippen LogP contribution in [0.15, 0.2) is 30.3 Å². The van der Waals surface area contributed by atoms with E-state index in [1.54, 1.807) is 7.05 Å². The minimum atomic E-state index is -0.313. The fraction of sp³-hybridized carbons (Fsp3) is 0.591. The number of piperidine rings is 1. The number of carbonyl (C=O) groups excluding carboxylic acids is 3. The Hall–Kier alpha value is -2.37. The summed E-state index contributed by atoms with van der Waals surface area (Å²) < 4.78 is 0. The SMILES string of the molecule is CN(CC(=O)NC(C)(C)C)C(=O)C1CCN(C(=O)CCc2ccccc2)CC1. The van der Waals surface area contributed by atoms with Crippen molar-refractivity contribution in [3.8, 4) is 0 Å². The number of hydrogen-bond acceptors (Lipinski definition) is 3. The molecule has 0 saturated carbocycles. The lowest BCUT2D eigenvalue weighted by Crippen LogP contribution is -2.48. The normalized spacial score (nSPS) is 15.2. The van der Waals surface area contributed by atoms with Gasteiger partial charge in [0.15, 0.2) is 0 Å². The van der Waals surface area contributed by atoms with E-state index in [1.165, 1.54) is 4.90 Å². The number of likely N-dealkylation sites (tertiary alicyclic amines) is 1. The van der Waals surface area contributed by atoms with Gasteiger partial charge in [-0.05, 0) is 45.6 Å². The zero-order valence-electron chi connectivity index (χ0n) is 17.5. The van der Waals surface area contributed by atoms with E-state index in [0.717, 1.165) is 12.0 Å². The topological polar surface area (TPSA) is 69.7 Å². The van der Waals surface area contributed by atoms with Crippen LogP contribution in [0.25, 0.3) is 0 Å². The average Bonchev–Trinajstić information content (AvgIpc) is 2.64. The Bertz CT molecular complexity index is 674. The molecule has 2 rings (SSSR count). The van der Waals surface area contributed by atoms with Crippen molar-refractivity contribution < 1.29 is 14.4 Å². The van der Waals surface area contributed by atoms with Crippen molar-refractivity contribution in [2.24, 2.45) is 5.92 Å². The first kappa shape index (κ1) is 21.9. The lowest BCUT2D eigenvalue weighted by Gasteiger charge is -2.33. The maximum Gasteiger partial charge on any atom is 0.240 e. The summed E-state index contributed by atoms with van der Waals surface area (Å²) in [7, 11) is 1.67. The van der Waals surface area contributed by atoms with E-state index in [9.17, 15) is 14.4 Å². The molecule has 1 aliphatic heterocycles. The van der Waals surface area contributed by atoms with Crippen LogP contribution in [0, 0.1) is 5.92 Å². The predicted molar refractivity (Wildman–Crippen MR) is 110 cm³/mol. The molecule has 154 valence electrons. The molecule has 1 fully saturated rings. The highest BCUT2D eigenvalue weighted by Gasteiger charge is 2.29. The van der Waals surface area contributed by atoms with Gasteiger partial charge < -0.3 is 15.1 Å². The zero-order chi connectivity index (χ0) is 20.7. The average molecular weight is 388 g/mol. The maximum atomic E-state index is 12.6. The van der Waals surface area contributed by atoms with Gasteiger partial charge in [-0.1, -0.05) is 30.3 Å². The Labute approximate surface area is 168 Å². The molecule has 0 radical (unpaired) electrons. The third-order valence-electron chi connectivity index (χ3n) is 4.94. The van der Waals surface area contributed by atoms with E-state index in [4.69, 9.17) is 0 Å². The zero-order valence-corrected chi connectivity index (χ0v) is 17.5. The molecule has 1 aliphatic rings. The summed E-state index contributed by atoms with van der Waals surface area (Å²) in [4.78, 5) is 40.5. The second-order valence-corrected chi connectivity index (χ2v) is 8.63. The third kappa shape index (κ3) is 6.98. The number of benzene rings is 1. The molecule has 1 N–H and O–H groups in total. The van der Waals surface area contributed by atoms with Crippen molar-refractivity contribution in [3.05, 3.63) is 35.9 Å². The standard InChI is InChI=1S/C22H33N3O3/c1-22(2,3)23-19(26)16-24(4)21(28)18-12-14-25(15-13-18)20(27)11-10-17-8-6-5-7-9-17/h5-9,18H,10-16H2,1-4H3,(H,23,26). The van der Waals surface area contributed by atoms with Crippen LogP contribution in [0.5, 0.6) is 0 Å². The molecule has 6 nitrogen and oxygen atoms in total. The number of nitrogens with one attached hydrogen (secondary N) is 1. The first-order chi connectivity index (χ1) is 13.2. The maximum absolute atomic E-state index is 12.6. The van der Waals surface area contributed by atoms with Crippen molar-refractivity contribution in [2.75, 3.05) is 26.7 Å². The number of carbonyl (C=O) groups is 3. The smallest absolute Gasteiger partial charge is 0.240 e. The van der Waals surface area contributed by atoms with Crippen molar-refractivity contribution in [1.29, 1.82) is 0 Å². The van der Waals surface area contributed by atoms with Crippen molar-refractivity contribution >= 4 is 17.7 Å². The molecule has 1 saturated heterocycles. The summed E-state index contributed by atoms with van der Waals surface area (Å²) in [5.74, 6) is -0.143. The molecule has 1 heterocycles. The molecule has 0 unspecified atom stereocenters. The van der Waals surface area contributed by atoms with Crippen LogP contribution in [0.1, 0.15) is 45.6 Å². The largest absolute Gasteiger partial charge is 0.350 e. The van der Waals surface area contributed by atoms with Gasteiger partial charge in [0, 0.05) is 38.0 Å². The molecule has 1 aromatic rings. The Morgan fingerprint density at radius 1 is 1.11 bits per heavy atom. The van der Waals surface area contributed by atoms with Crippen molar-refractivity contribution in [3.63, 3.8) is 0 Å². The summed E-state index contributed by atoms with van der Waals surface area (Å²) in [6.45, 7) is 7.01. The number of amides is 3. The van der Waals surface area contributed by atoms with E-state index in [2.05, 4.69) is 5.32 Å². The molecule has 6 heteroatoms. The van der Waals surface area contributed by atoms with Crippen LogP contribution in [-0.2, 0) is 20.8 Å². The van der Waals surface area contributed by atoms with Gasteiger partial charge in [-0.15, -0.1) is 0 Å². The monoisotopic (exact) mass is 387 g/mol. The first-order valence-corrected chi connectivity index (χ1v) is 10.0. The first-order valence-electron chi connectivity index (χ1n) is 10.0. The van der Waals surface area contributed by atoms with E-state index >= 15 is 0 Å². The number of aryl methyl sites for hydroxylation is 1. The molecule has 1 aromatic carbocycles. The molecular formula is C22H33N3O3. The van der Waals surface area contributed by atoms with Gasteiger partial charge in [0.2, 0.25) is 17.7 Å². The molecule has 0 spiro atoms. The minimum absolute atomic E-state index is 0.0135. The highest BCUT2D eigenvalue weighted by atomic mass is 16.2. The number of nitrogens with zero attached hydrogens (tertiary/aromatic N) is 2.